The number of hydrogen-bond acceptors (Lipinski definition) is 4. The summed E-state index contributed by atoms with van der Waals surface area (Å²) in [6.45, 7) is 3.86. The standard InChI is InChI=1S/C16H16O4/c1-13-7-3-5-9-15(13)19-17-11-12-18-20-16-10-6-4-8-14(16)2/h3-12H,1-2H3. The van der Waals surface area contributed by atoms with E-state index in [0.29, 0.717) is 11.5 Å². The van der Waals surface area contributed by atoms with Crippen LogP contribution in [-0.4, -0.2) is 0 Å². The molecule has 0 atom stereocenters. The molecule has 0 amide bonds. The molecule has 0 aromatic heterocycles. The maximum Gasteiger partial charge on any atom is 0.182 e. The fourth-order valence-corrected chi connectivity index (χ4v) is 1.50. The lowest BCUT2D eigenvalue weighted by molar-refractivity contribution is -0.175. The Labute approximate surface area is 118 Å². The molecule has 0 heterocycles. The smallest absolute Gasteiger partial charge is 0.182 e. The van der Waals surface area contributed by atoms with Gasteiger partial charge in [0.2, 0.25) is 0 Å². The summed E-state index contributed by atoms with van der Waals surface area (Å²) >= 11 is 0. The highest BCUT2D eigenvalue weighted by Gasteiger charge is 1.98. The SMILES string of the molecule is Cc1ccccc1OOC=COOc1ccccc1C. The number of benzene rings is 2. The van der Waals surface area contributed by atoms with Crippen LogP contribution >= 0.6 is 0 Å². The predicted octanol–water partition coefficient (Wildman–Crippen LogP) is 4.10. The molecule has 0 N–H and O–H groups in total. The Morgan fingerprint density at radius 2 is 1.05 bits per heavy atom. The molecule has 0 aliphatic carbocycles. The second-order valence-corrected chi connectivity index (χ2v) is 4.16. The van der Waals surface area contributed by atoms with E-state index >= 15 is 0 Å². The van der Waals surface area contributed by atoms with Crippen LogP contribution in [0.3, 0.4) is 0 Å². The van der Waals surface area contributed by atoms with Gasteiger partial charge in [-0.3, -0.25) is 19.6 Å². The molecule has 0 fully saturated rings. The quantitative estimate of drug-likeness (QED) is 0.451. The van der Waals surface area contributed by atoms with Crippen LogP contribution in [0.1, 0.15) is 11.1 Å². The van der Waals surface area contributed by atoms with Crippen molar-refractivity contribution >= 4 is 0 Å². The van der Waals surface area contributed by atoms with Gasteiger partial charge in [0.1, 0.15) is 0 Å². The zero-order valence-electron chi connectivity index (χ0n) is 11.4. The first-order valence-electron chi connectivity index (χ1n) is 6.20. The van der Waals surface area contributed by atoms with Crippen LogP contribution in [0.4, 0.5) is 0 Å². The maximum atomic E-state index is 5.09. The second-order valence-electron chi connectivity index (χ2n) is 4.16. The molecule has 4 nitrogen and oxygen atoms in total. The van der Waals surface area contributed by atoms with Crippen LogP contribution < -0.4 is 9.78 Å². The van der Waals surface area contributed by atoms with Gasteiger partial charge in [-0.1, -0.05) is 36.4 Å². The maximum absolute atomic E-state index is 5.09. The summed E-state index contributed by atoms with van der Waals surface area (Å²) in [5.74, 6) is 1.30. The zero-order valence-corrected chi connectivity index (χ0v) is 11.4. The molecule has 0 unspecified atom stereocenters. The molecule has 0 spiro atoms. The van der Waals surface area contributed by atoms with Crippen molar-refractivity contribution in [3.05, 3.63) is 72.2 Å². The number of para-hydroxylation sites is 2. The van der Waals surface area contributed by atoms with Crippen LogP contribution in [-0.2, 0) is 9.78 Å². The van der Waals surface area contributed by atoms with Gasteiger partial charge in [-0.15, -0.1) is 0 Å². The first-order valence-corrected chi connectivity index (χ1v) is 6.20. The molecule has 0 radical (unpaired) electrons. The normalized spacial score (nSPS) is 10.3. The van der Waals surface area contributed by atoms with Gasteiger partial charge in [0, 0.05) is 0 Å². The summed E-state index contributed by atoms with van der Waals surface area (Å²) < 4.78 is 0. The van der Waals surface area contributed by atoms with E-state index in [2.05, 4.69) is 0 Å². The van der Waals surface area contributed by atoms with Crippen molar-refractivity contribution in [2.75, 3.05) is 0 Å². The second kappa shape index (κ2) is 7.09. The lowest BCUT2D eigenvalue weighted by Gasteiger charge is -2.05. The van der Waals surface area contributed by atoms with E-state index in [-0.39, 0.29) is 0 Å². The summed E-state index contributed by atoms with van der Waals surface area (Å²) in [4.78, 5) is 19.9. The molecule has 20 heavy (non-hydrogen) atoms. The van der Waals surface area contributed by atoms with E-state index in [9.17, 15) is 0 Å². The first-order chi connectivity index (χ1) is 9.77. The molecule has 0 aliphatic rings. The van der Waals surface area contributed by atoms with Gasteiger partial charge >= 0.3 is 0 Å². The number of rotatable bonds is 6. The Balaban J connectivity index is 1.73. The zero-order chi connectivity index (χ0) is 14.2. The van der Waals surface area contributed by atoms with Crippen molar-refractivity contribution in [3.63, 3.8) is 0 Å². The van der Waals surface area contributed by atoms with Gasteiger partial charge in [0.15, 0.2) is 24.0 Å². The summed E-state index contributed by atoms with van der Waals surface area (Å²) in [6, 6.07) is 15.1. The monoisotopic (exact) mass is 272 g/mol. The molecule has 104 valence electrons. The van der Waals surface area contributed by atoms with Crippen LogP contribution in [0.25, 0.3) is 0 Å². The van der Waals surface area contributed by atoms with E-state index < -0.39 is 0 Å². The van der Waals surface area contributed by atoms with Crippen LogP contribution in [0.5, 0.6) is 11.5 Å². The molecule has 2 aromatic carbocycles. The average Bonchev–Trinajstić information content (AvgIpc) is 2.46. The summed E-state index contributed by atoms with van der Waals surface area (Å²) in [7, 11) is 0. The number of aryl methyl sites for hydroxylation is 2. The lowest BCUT2D eigenvalue weighted by Crippen LogP contribution is -1.95. The Bertz CT molecular complexity index is 527. The lowest BCUT2D eigenvalue weighted by atomic mass is 10.2. The van der Waals surface area contributed by atoms with Gasteiger partial charge in [-0.2, -0.15) is 0 Å². The van der Waals surface area contributed by atoms with E-state index in [0.717, 1.165) is 11.1 Å². The third kappa shape index (κ3) is 3.95. The van der Waals surface area contributed by atoms with Gasteiger partial charge in [0.25, 0.3) is 0 Å². The minimum atomic E-state index is 0.650. The van der Waals surface area contributed by atoms with Crippen molar-refractivity contribution in [1.82, 2.24) is 0 Å². The Kier molecular flexibility index (Phi) is 4.89. The first kappa shape index (κ1) is 13.8. The minimum absolute atomic E-state index is 0.650. The topological polar surface area (TPSA) is 36.9 Å². The predicted molar refractivity (Wildman–Crippen MR) is 74.9 cm³/mol. The molecular formula is C16H16O4. The van der Waals surface area contributed by atoms with Crippen molar-refractivity contribution in [3.8, 4) is 11.5 Å². The molecule has 0 bridgehead atoms. The van der Waals surface area contributed by atoms with Crippen LogP contribution in [0.15, 0.2) is 61.1 Å². The molecular weight excluding hydrogens is 256 g/mol. The highest BCUT2D eigenvalue weighted by atomic mass is 17.2. The third-order valence-electron chi connectivity index (χ3n) is 2.63. The molecule has 0 aliphatic heterocycles. The summed E-state index contributed by atoms with van der Waals surface area (Å²) in [5, 5.41) is 0. The van der Waals surface area contributed by atoms with Crippen LogP contribution in [0, 0.1) is 13.8 Å². The van der Waals surface area contributed by atoms with E-state index in [1.165, 1.54) is 12.5 Å². The molecule has 0 saturated carbocycles. The molecule has 0 saturated heterocycles. The molecule has 4 heteroatoms. The van der Waals surface area contributed by atoms with Gasteiger partial charge in [-0.25, -0.2) is 0 Å². The van der Waals surface area contributed by atoms with Crippen molar-refractivity contribution in [1.29, 1.82) is 0 Å². The van der Waals surface area contributed by atoms with E-state index in [4.69, 9.17) is 19.6 Å². The van der Waals surface area contributed by atoms with Gasteiger partial charge in [-0.05, 0) is 37.1 Å². The average molecular weight is 272 g/mol. The molecule has 2 aromatic rings. The minimum Gasteiger partial charge on any atom is -0.294 e. The fraction of sp³-hybridized carbons (Fsp3) is 0.125. The number of hydrogen-bond donors (Lipinski definition) is 0. The molecule has 2 rings (SSSR count). The van der Waals surface area contributed by atoms with Crippen LogP contribution in [0.2, 0.25) is 0 Å². The van der Waals surface area contributed by atoms with Crippen molar-refractivity contribution in [2.45, 2.75) is 13.8 Å². The van der Waals surface area contributed by atoms with E-state index in [1.807, 2.05) is 62.4 Å². The largest absolute Gasteiger partial charge is 0.294 e. The summed E-state index contributed by atoms with van der Waals surface area (Å²) in [6.07, 6.45) is 2.51. The van der Waals surface area contributed by atoms with E-state index in [1.54, 1.807) is 0 Å². The third-order valence-corrected chi connectivity index (χ3v) is 2.63. The van der Waals surface area contributed by atoms with Gasteiger partial charge < -0.3 is 0 Å². The van der Waals surface area contributed by atoms with Crippen molar-refractivity contribution in [2.24, 2.45) is 0 Å². The summed E-state index contributed by atoms with van der Waals surface area (Å²) in [5.41, 5.74) is 1.97. The Morgan fingerprint density at radius 1 is 0.650 bits per heavy atom. The van der Waals surface area contributed by atoms with Gasteiger partial charge in [0.05, 0.1) is 0 Å². The fourth-order valence-electron chi connectivity index (χ4n) is 1.50. The Hall–Kier alpha value is -2.62. The highest BCUT2D eigenvalue weighted by Crippen LogP contribution is 2.17. The Morgan fingerprint density at radius 3 is 1.45 bits per heavy atom. The highest BCUT2D eigenvalue weighted by molar-refractivity contribution is 5.31. The van der Waals surface area contributed by atoms with Crippen molar-refractivity contribution < 1.29 is 19.6 Å².